The third-order valence-electron chi connectivity index (χ3n) is 3.00. The summed E-state index contributed by atoms with van der Waals surface area (Å²) in [6.45, 7) is -0.274. The normalized spacial score (nSPS) is 10.5. The van der Waals surface area contributed by atoms with Crippen molar-refractivity contribution in [2.45, 2.75) is 0 Å². The molecule has 0 aliphatic carbocycles. The highest BCUT2D eigenvalue weighted by Gasteiger charge is 2.14. The van der Waals surface area contributed by atoms with Crippen LogP contribution in [0.1, 0.15) is 5.56 Å². The van der Waals surface area contributed by atoms with E-state index in [4.69, 9.17) is 21.1 Å². The first kappa shape index (κ1) is 18.2. The Morgan fingerprint density at radius 1 is 1.32 bits per heavy atom. The summed E-state index contributed by atoms with van der Waals surface area (Å²) < 4.78 is 10.2. The number of methoxy groups -OCH3 is 1. The molecule has 0 aliphatic rings. The molecule has 0 radical (unpaired) electrons. The number of nitrogens with one attached hydrogen (secondary N) is 1. The van der Waals surface area contributed by atoms with Gasteiger partial charge in [0.15, 0.2) is 12.4 Å². The Morgan fingerprint density at radius 2 is 2.08 bits per heavy atom. The standard InChI is InChI=1S/C16H14ClN3O5/c1-24-15-7-6-11(8-13(15)20(22)23)9-18-19-16(21)10-25-14-5-3-2-4-12(14)17/h2-9H,10H2,1H3,(H,19,21)/b18-9+. The van der Waals surface area contributed by atoms with Gasteiger partial charge in [-0.15, -0.1) is 0 Å². The molecule has 0 spiro atoms. The smallest absolute Gasteiger partial charge is 0.311 e. The minimum atomic E-state index is -0.563. The lowest BCUT2D eigenvalue weighted by atomic mass is 10.2. The van der Waals surface area contributed by atoms with Crippen molar-refractivity contribution >= 4 is 29.4 Å². The number of rotatable bonds is 7. The molecule has 1 amide bonds. The number of carbonyl (C=O) groups excluding carboxylic acids is 1. The fraction of sp³-hybridized carbons (Fsp3) is 0.125. The highest BCUT2D eigenvalue weighted by atomic mass is 35.5. The van der Waals surface area contributed by atoms with E-state index in [1.165, 1.54) is 25.5 Å². The first-order valence-electron chi connectivity index (χ1n) is 7.03. The van der Waals surface area contributed by atoms with Crippen LogP contribution in [0, 0.1) is 10.1 Å². The molecular formula is C16H14ClN3O5. The van der Waals surface area contributed by atoms with Crippen LogP contribution in [0.5, 0.6) is 11.5 Å². The van der Waals surface area contributed by atoms with Crippen molar-refractivity contribution < 1.29 is 19.2 Å². The molecule has 0 fully saturated rings. The average molecular weight is 364 g/mol. The van der Waals surface area contributed by atoms with Crippen molar-refractivity contribution in [2.75, 3.05) is 13.7 Å². The van der Waals surface area contributed by atoms with Gasteiger partial charge >= 0.3 is 5.69 Å². The molecule has 8 nitrogen and oxygen atoms in total. The largest absolute Gasteiger partial charge is 0.490 e. The Kier molecular flexibility index (Phi) is 6.30. The van der Waals surface area contributed by atoms with Crippen molar-refractivity contribution in [2.24, 2.45) is 5.10 Å². The van der Waals surface area contributed by atoms with Gasteiger partial charge in [0.25, 0.3) is 5.91 Å². The summed E-state index contributed by atoms with van der Waals surface area (Å²) >= 11 is 5.91. The van der Waals surface area contributed by atoms with Gasteiger partial charge in [-0.1, -0.05) is 23.7 Å². The van der Waals surface area contributed by atoms with Gasteiger partial charge in [0, 0.05) is 11.6 Å². The number of carbonyl (C=O) groups is 1. The van der Waals surface area contributed by atoms with E-state index in [9.17, 15) is 14.9 Å². The third kappa shape index (κ3) is 5.18. The van der Waals surface area contributed by atoms with E-state index in [-0.39, 0.29) is 18.0 Å². The third-order valence-corrected chi connectivity index (χ3v) is 3.31. The lowest BCUT2D eigenvalue weighted by Crippen LogP contribution is -2.24. The highest BCUT2D eigenvalue weighted by molar-refractivity contribution is 6.32. The van der Waals surface area contributed by atoms with Crippen LogP contribution in [0.15, 0.2) is 47.6 Å². The monoisotopic (exact) mass is 363 g/mol. The SMILES string of the molecule is COc1ccc(/C=N/NC(=O)COc2ccccc2Cl)cc1[N+](=O)[O-]. The van der Waals surface area contributed by atoms with Crippen LogP contribution in [0.25, 0.3) is 0 Å². The van der Waals surface area contributed by atoms with Gasteiger partial charge in [0.2, 0.25) is 0 Å². The minimum absolute atomic E-state index is 0.138. The number of halogens is 1. The van der Waals surface area contributed by atoms with Crippen molar-refractivity contribution in [1.82, 2.24) is 5.43 Å². The molecule has 0 heterocycles. The van der Waals surface area contributed by atoms with Crippen LogP contribution in [-0.2, 0) is 4.79 Å². The first-order valence-corrected chi connectivity index (χ1v) is 7.40. The zero-order valence-corrected chi connectivity index (χ0v) is 13.9. The van der Waals surface area contributed by atoms with E-state index < -0.39 is 10.8 Å². The highest BCUT2D eigenvalue weighted by Crippen LogP contribution is 2.26. The molecule has 2 aromatic rings. The topological polar surface area (TPSA) is 103 Å². The summed E-state index contributed by atoms with van der Waals surface area (Å²) in [4.78, 5) is 22.1. The summed E-state index contributed by atoms with van der Waals surface area (Å²) in [6.07, 6.45) is 1.28. The molecular weight excluding hydrogens is 350 g/mol. The number of nitrogens with zero attached hydrogens (tertiary/aromatic N) is 2. The number of nitro groups is 1. The quantitative estimate of drug-likeness (QED) is 0.463. The first-order chi connectivity index (χ1) is 12.0. The van der Waals surface area contributed by atoms with E-state index in [0.29, 0.717) is 16.3 Å². The van der Waals surface area contributed by atoms with Gasteiger partial charge in [-0.3, -0.25) is 14.9 Å². The molecule has 0 atom stereocenters. The number of hydrogen-bond acceptors (Lipinski definition) is 6. The molecule has 0 aromatic heterocycles. The number of hydrogen-bond donors (Lipinski definition) is 1. The van der Waals surface area contributed by atoms with Gasteiger partial charge in [-0.05, 0) is 24.3 Å². The van der Waals surface area contributed by atoms with E-state index in [1.807, 2.05) is 0 Å². The molecule has 0 saturated carbocycles. The molecule has 2 aromatic carbocycles. The summed E-state index contributed by atoms with van der Waals surface area (Å²) in [5, 5.41) is 15.1. The van der Waals surface area contributed by atoms with Crippen LogP contribution >= 0.6 is 11.6 Å². The molecule has 0 unspecified atom stereocenters. The number of nitro benzene ring substituents is 1. The van der Waals surface area contributed by atoms with Gasteiger partial charge in [0.05, 0.1) is 23.3 Å². The van der Waals surface area contributed by atoms with Crippen LogP contribution in [0.4, 0.5) is 5.69 Å². The molecule has 130 valence electrons. The molecule has 0 bridgehead atoms. The minimum Gasteiger partial charge on any atom is -0.490 e. The second kappa shape index (κ2) is 8.65. The van der Waals surface area contributed by atoms with E-state index in [1.54, 1.807) is 30.3 Å². The Morgan fingerprint density at radius 3 is 2.76 bits per heavy atom. The lowest BCUT2D eigenvalue weighted by molar-refractivity contribution is -0.385. The second-order valence-electron chi connectivity index (χ2n) is 4.70. The summed E-state index contributed by atoms with van der Waals surface area (Å²) in [5.74, 6) is 0.0209. The second-order valence-corrected chi connectivity index (χ2v) is 5.11. The van der Waals surface area contributed by atoms with E-state index >= 15 is 0 Å². The van der Waals surface area contributed by atoms with Crippen LogP contribution in [-0.4, -0.2) is 30.8 Å². The van der Waals surface area contributed by atoms with Gasteiger partial charge in [0.1, 0.15) is 5.75 Å². The Bertz CT molecular complexity index is 810. The molecule has 2 rings (SSSR count). The average Bonchev–Trinajstić information content (AvgIpc) is 2.61. The molecule has 9 heteroatoms. The fourth-order valence-corrected chi connectivity index (χ4v) is 2.04. The molecule has 0 aliphatic heterocycles. The van der Waals surface area contributed by atoms with Gasteiger partial charge in [-0.25, -0.2) is 5.43 Å². The Labute approximate surface area is 148 Å². The maximum Gasteiger partial charge on any atom is 0.311 e. The van der Waals surface area contributed by atoms with Gasteiger partial charge in [-0.2, -0.15) is 5.10 Å². The van der Waals surface area contributed by atoms with Crippen LogP contribution < -0.4 is 14.9 Å². The fourth-order valence-electron chi connectivity index (χ4n) is 1.85. The van der Waals surface area contributed by atoms with Crippen molar-refractivity contribution in [3.8, 4) is 11.5 Å². The molecule has 25 heavy (non-hydrogen) atoms. The van der Waals surface area contributed by atoms with Crippen LogP contribution in [0.2, 0.25) is 5.02 Å². The maximum atomic E-state index is 11.7. The van der Waals surface area contributed by atoms with Gasteiger partial charge < -0.3 is 9.47 Å². The lowest BCUT2D eigenvalue weighted by Gasteiger charge is -2.06. The predicted molar refractivity (Wildman–Crippen MR) is 92.3 cm³/mol. The zero-order valence-electron chi connectivity index (χ0n) is 13.1. The van der Waals surface area contributed by atoms with E-state index in [2.05, 4.69) is 10.5 Å². The maximum absolute atomic E-state index is 11.7. The summed E-state index contributed by atoms with van der Waals surface area (Å²) in [7, 11) is 1.34. The zero-order chi connectivity index (χ0) is 18.2. The predicted octanol–water partition coefficient (Wildman–Crippen LogP) is 2.79. The van der Waals surface area contributed by atoms with Crippen molar-refractivity contribution in [3.63, 3.8) is 0 Å². The van der Waals surface area contributed by atoms with Crippen LogP contribution in [0.3, 0.4) is 0 Å². The Hall–Kier alpha value is -3.13. The van der Waals surface area contributed by atoms with E-state index in [0.717, 1.165) is 0 Å². The summed E-state index contributed by atoms with van der Waals surface area (Å²) in [5.41, 5.74) is 2.50. The molecule has 0 saturated heterocycles. The van der Waals surface area contributed by atoms with Crippen molar-refractivity contribution in [3.05, 3.63) is 63.2 Å². The Balaban J connectivity index is 1.92. The summed E-state index contributed by atoms with van der Waals surface area (Å²) in [6, 6.07) is 11.1. The number of amides is 1. The number of para-hydroxylation sites is 1. The number of ether oxygens (including phenoxy) is 2. The van der Waals surface area contributed by atoms with Crippen molar-refractivity contribution in [1.29, 1.82) is 0 Å². The number of hydrazone groups is 1. The molecule has 1 N–H and O–H groups in total. The number of benzene rings is 2.